The Morgan fingerprint density at radius 2 is 2.29 bits per heavy atom. The molecule has 0 aliphatic carbocycles. The average molecular weight is 256 g/mol. The molecule has 0 saturated heterocycles. The number of nitrogens with one attached hydrogen (secondary N) is 2. The number of ether oxygens (including phenoxy) is 1. The van der Waals surface area contributed by atoms with Crippen molar-refractivity contribution >= 4 is 17.3 Å². The molecule has 96 valence electrons. The van der Waals surface area contributed by atoms with Crippen molar-refractivity contribution in [3.8, 4) is 0 Å². The minimum Gasteiger partial charge on any atom is -0.383 e. The van der Waals surface area contributed by atoms with Crippen LogP contribution in [-0.4, -0.2) is 35.2 Å². The third-order valence-corrected chi connectivity index (χ3v) is 2.65. The van der Waals surface area contributed by atoms with Crippen LogP contribution < -0.4 is 10.6 Å². The topological polar surface area (TPSA) is 51.1 Å². The lowest BCUT2D eigenvalue weighted by Crippen LogP contribution is -2.36. The van der Waals surface area contributed by atoms with Crippen molar-refractivity contribution in [2.45, 2.75) is 19.9 Å². The Bertz CT molecular complexity index is 364. The molecule has 0 bridgehead atoms. The van der Waals surface area contributed by atoms with Crippen molar-refractivity contribution in [3.05, 3.63) is 17.5 Å². The van der Waals surface area contributed by atoms with E-state index in [1.807, 2.05) is 17.9 Å². The maximum Gasteiger partial charge on any atom is 0.166 e. The van der Waals surface area contributed by atoms with E-state index in [9.17, 15) is 0 Å². The highest BCUT2D eigenvalue weighted by molar-refractivity contribution is 7.80. The van der Waals surface area contributed by atoms with E-state index in [1.54, 1.807) is 7.11 Å². The first-order valence-electron chi connectivity index (χ1n) is 5.69. The number of methoxy groups -OCH3 is 1. The molecular weight excluding hydrogens is 236 g/mol. The summed E-state index contributed by atoms with van der Waals surface area (Å²) < 4.78 is 6.76. The van der Waals surface area contributed by atoms with E-state index in [-0.39, 0.29) is 0 Å². The van der Waals surface area contributed by atoms with Gasteiger partial charge < -0.3 is 15.4 Å². The monoisotopic (exact) mass is 256 g/mol. The van der Waals surface area contributed by atoms with Gasteiger partial charge in [0.15, 0.2) is 5.11 Å². The summed E-state index contributed by atoms with van der Waals surface area (Å²) in [6.07, 6.45) is 2.95. The van der Waals surface area contributed by atoms with Gasteiger partial charge in [0, 0.05) is 39.0 Å². The Morgan fingerprint density at radius 3 is 2.94 bits per heavy atom. The highest BCUT2D eigenvalue weighted by Gasteiger charge is 2.05. The SMILES string of the molecule is CCc1nn(C)cc1CNC(=S)NCCOC. The summed E-state index contributed by atoms with van der Waals surface area (Å²) >= 11 is 5.15. The van der Waals surface area contributed by atoms with Gasteiger partial charge in [-0.15, -0.1) is 0 Å². The van der Waals surface area contributed by atoms with Gasteiger partial charge in [-0.2, -0.15) is 5.10 Å². The molecule has 17 heavy (non-hydrogen) atoms. The van der Waals surface area contributed by atoms with Crippen LogP contribution in [-0.2, 0) is 24.8 Å². The normalized spacial score (nSPS) is 10.3. The predicted octanol–water partition coefficient (Wildman–Crippen LogP) is 0.593. The van der Waals surface area contributed by atoms with E-state index in [4.69, 9.17) is 17.0 Å². The number of aryl methyl sites for hydroxylation is 2. The molecule has 2 N–H and O–H groups in total. The number of aromatic nitrogens is 2. The zero-order valence-corrected chi connectivity index (χ0v) is 11.4. The smallest absolute Gasteiger partial charge is 0.166 e. The third kappa shape index (κ3) is 4.70. The minimum atomic E-state index is 0.646. The molecule has 5 nitrogen and oxygen atoms in total. The maximum atomic E-state index is 5.15. The first-order valence-corrected chi connectivity index (χ1v) is 6.10. The highest BCUT2D eigenvalue weighted by atomic mass is 32.1. The molecule has 0 unspecified atom stereocenters. The van der Waals surface area contributed by atoms with Gasteiger partial charge in [-0.1, -0.05) is 6.92 Å². The molecule has 1 aromatic rings. The van der Waals surface area contributed by atoms with Crippen LogP contribution in [0.1, 0.15) is 18.2 Å². The van der Waals surface area contributed by atoms with Crippen LogP contribution in [0.2, 0.25) is 0 Å². The fourth-order valence-electron chi connectivity index (χ4n) is 1.53. The van der Waals surface area contributed by atoms with Crippen LogP contribution in [0.25, 0.3) is 0 Å². The summed E-state index contributed by atoms with van der Waals surface area (Å²) in [5.74, 6) is 0. The molecule has 0 radical (unpaired) electrons. The second-order valence-electron chi connectivity index (χ2n) is 3.73. The summed E-state index contributed by atoms with van der Waals surface area (Å²) in [5.41, 5.74) is 2.30. The van der Waals surface area contributed by atoms with E-state index in [1.165, 1.54) is 5.56 Å². The molecule has 6 heteroatoms. The third-order valence-electron chi connectivity index (χ3n) is 2.36. The molecule has 0 saturated carbocycles. The van der Waals surface area contributed by atoms with Gasteiger partial charge in [0.05, 0.1) is 12.3 Å². The van der Waals surface area contributed by atoms with E-state index in [0.717, 1.165) is 18.7 Å². The first-order chi connectivity index (χ1) is 8.17. The second kappa shape index (κ2) is 7.24. The standard InChI is InChI=1S/C11H20N4OS/c1-4-10-9(8-15(2)14-10)7-13-11(17)12-5-6-16-3/h8H,4-7H2,1-3H3,(H2,12,13,17). The maximum absolute atomic E-state index is 5.15. The molecule has 1 heterocycles. The molecule has 0 spiro atoms. The van der Waals surface area contributed by atoms with Crippen molar-refractivity contribution < 1.29 is 4.74 Å². The van der Waals surface area contributed by atoms with Gasteiger partial charge in [-0.05, 0) is 18.6 Å². The molecule has 0 aliphatic heterocycles. The molecule has 1 aromatic heterocycles. The average Bonchev–Trinajstić information content (AvgIpc) is 2.67. The Kier molecular flexibility index (Phi) is 5.93. The lowest BCUT2D eigenvalue weighted by Gasteiger charge is -2.09. The largest absolute Gasteiger partial charge is 0.383 e. The van der Waals surface area contributed by atoms with E-state index < -0.39 is 0 Å². The van der Waals surface area contributed by atoms with Crippen molar-refractivity contribution in [1.82, 2.24) is 20.4 Å². The van der Waals surface area contributed by atoms with Crippen molar-refractivity contribution in [2.24, 2.45) is 7.05 Å². The van der Waals surface area contributed by atoms with Crippen molar-refractivity contribution in [3.63, 3.8) is 0 Å². The fraction of sp³-hybridized carbons (Fsp3) is 0.636. The molecule has 0 aromatic carbocycles. The van der Waals surface area contributed by atoms with E-state index in [2.05, 4.69) is 22.7 Å². The molecule has 0 amide bonds. The number of hydrogen-bond donors (Lipinski definition) is 2. The van der Waals surface area contributed by atoms with Gasteiger partial charge in [0.25, 0.3) is 0 Å². The van der Waals surface area contributed by atoms with Crippen LogP contribution in [0.4, 0.5) is 0 Å². The Hall–Kier alpha value is -1.14. The van der Waals surface area contributed by atoms with Gasteiger partial charge in [-0.3, -0.25) is 4.68 Å². The highest BCUT2D eigenvalue weighted by Crippen LogP contribution is 2.06. The van der Waals surface area contributed by atoms with Gasteiger partial charge in [0.1, 0.15) is 0 Å². The number of nitrogens with zero attached hydrogens (tertiary/aromatic N) is 2. The summed E-state index contributed by atoms with van der Waals surface area (Å²) in [5, 5.41) is 11.2. The lowest BCUT2D eigenvalue weighted by molar-refractivity contribution is 0.204. The molecule has 0 fully saturated rings. The van der Waals surface area contributed by atoms with Crippen LogP contribution in [0.5, 0.6) is 0 Å². The molecule has 1 rings (SSSR count). The predicted molar refractivity (Wildman–Crippen MR) is 71.9 cm³/mol. The quantitative estimate of drug-likeness (QED) is 0.576. The van der Waals surface area contributed by atoms with E-state index in [0.29, 0.717) is 18.3 Å². The summed E-state index contributed by atoms with van der Waals surface area (Å²) in [4.78, 5) is 0. The Morgan fingerprint density at radius 1 is 1.53 bits per heavy atom. The zero-order chi connectivity index (χ0) is 12.7. The van der Waals surface area contributed by atoms with Gasteiger partial charge >= 0.3 is 0 Å². The van der Waals surface area contributed by atoms with Crippen LogP contribution >= 0.6 is 12.2 Å². The molecular formula is C11H20N4OS. The minimum absolute atomic E-state index is 0.646. The lowest BCUT2D eigenvalue weighted by atomic mass is 10.2. The Balaban J connectivity index is 2.36. The Labute approximate surface area is 108 Å². The first kappa shape index (κ1) is 13.9. The summed E-state index contributed by atoms with van der Waals surface area (Å²) in [6, 6.07) is 0. The molecule has 0 atom stereocenters. The number of thiocarbonyl (C=S) groups is 1. The summed E-state index contributed by atoms with van der Waals surface area (Å²) in [7, 11) is 3.60. The van der Waals surface area contributed by atoms with Crippen molar-refractivity contribution in [2.75, 3.05) is 20.3 Å². The fourth-order valence-corrected chi connectivity index (χ4v) is 1.71. The number of rotatable bonds is 6. The van der Waals surface area contributed by atoms with Crippen LogP contribution in [0.15, 0.2) is 6.20 Å². The zero-order valence-electron chi connectivity index (χ0n) is 10.6. The molecule has 0 aliphatic rings. The van der Waals surface area contributed by atoms with Gasteiger partial charge in [-0.25, -0.2) is 0 Å². The van der Waals surface area contributed by atoms with Crippen LogP contribution in [0, 0.1) is 0 Å². The van der Waals surface area contributed by atoms with Crippen molar-refractivity contribution in [1.29, 1.82) is 0 Å². The summed E-state index contributed by atoms with van der Waals surface area (Å²) in [6.45, 7) is 4.17. The second-order valence-corrected chi connectivity index (χ2v) is 4.14. The van der Waals surface area contributed by atoms with E-state index >= 15 is 0 Å². The van der Waals surface area contributed by atoms with Gasteiger partial charge in [0.2, 0.25) is 0 Å². The number of hydrogen-bond acceptors (Lipinski definition) is 3. The van der Waals surface area contributed by atoms with Crippen LogP contribution in [0.3, 0.4) is 0 Å².